The van der Waals surface area contributed by atoms with E-state index in [2.05, 4.69) is 25.5 Å². The monoisotopic (exact) mass is 424 g/mol. The van der Waals surface area contributed by atoms with E-state index < -0.39 is 6.36 Å². The Balaban J connectivity index is 1.70. The SMILES string of the molecule is CCNC(=NCc1c(CC)noc1CC)NC1CC1c1ccccc1OC(F)(F)F. The molecule has 2 atom stereocenters. The largest absolute Gasteiger partial charge is 0.573 e. The number of aromatic nitrogens is 1. The first-order valence-corrected chi connectivity index (χ1v) is 10.2. The lowest BCUT2D eigenvalue weighted by molar-refractivity contribution is -0.274. The first kappa shape index (κ1) is 22.0. The van der Waals surface area contributed by atoms with Gasteiger partial charge in [-0.2, -0.15) is 0 Å². The van der Waals surface area contributed by atoms with Crippen molar-refractivity contribution in [3.8, 4) is 5.75 Å². The number of nitrogens with one attached hydrogen (secondary N) is 2. The van der Waals surface area contributed by atoms with Crippen molar-refractivity contribution in [2.75, 3.05) is 6.54 Å². The number of aryl methyl sites for hydroxylation is 2. The minimum atomic E-state index is -4.71. The van der Waals surface area contributed by atoms with Crippen LogP contribution < -0.4 is 15.4 Å². The summed E-state index contributed by atoms with van der Waals surface area (Å²) in [6, 6.07) is 6.27. The molecule has 6 nitrogen and oxygen atoms in total. The number of halogens is 3. The summed E-state index contributed by atoms with van der Waals surface area (Å²) in [6.07, 6.45) is -2.51. The van der Waals surface area contributed by atoms with Gasteiger partial charge >= 0.3 is 6.36 Å². The van der Waals surface area contributed by atoms with Crippen LogP contribution in [0.5, 0.6) is 5.75 Å². The van der Waals surface area contributed by atoms with Gasteiger partial charge in [0.05, 0.1) is 12.2 Å². The highest BCUT2D eigenvalue weighted by Crippen LogP contribution is 2.45. The Morgan fingerprint density at radius 2 is 2.00 bits per heavy atom. The van der Waals surface area contributed by atoms with Crippen LogP contribution in [0.1, 0.15) is 55.7 Å². The Bertz CT molecular complexity index is 858. The third-order valence-electron chi connectivity index (χ3n) is 5.00. The average molecular weight is 424 g/mol. The number of ether oxygens (including phenoxy) is 1. The second kappa shape index (κ2) is 9.40. The molecule has 164 valence electrons. The van der Waals surface area contributed by atoms with Crippen molar-refractivity contribution in [2.45, 2.75) is 64.9 Å². The van der Waals surface area contributed by atoms with Gasteiger partial charge in [0.1, 0.15) is 11.5 Å². The van der Waals surface area contributed by atoms with E-state index in [4.69, 9.17) is 4.52 Å². The lowest BCUT2D eigenvalue weighted by Gasteiger charge is -2.14. The molecule has 0 spiro atoms. The number of benzene rings is 1. The van der Waals surface area contributed by atoms with Gasteiger partial charge < -0.3 is 19.9 Å². The average Bonchev–Trinajstić information content (AvgIpc) is 3.33. The van der Waals surface area contributed by atoms with Crippen LogP contribution in [0.15, 0.2) is 33.8 Å². The number of hydrogen-bond donors (Lipinski definition) is 2. The van der Waals surface area contributed by atoms with E-state index in [9.17, 15) is 13.2 Å². The molecule has 3 rings (SSSR count). The molecule has 1 heterocycles. The molecule has 1 aromatic carbocycles. The molecule has 2 unspecified atom stereocenters. The van der Waals surface area contributed by atoms with Crippen LogP contribution in [0.2, 0.25) is 0 Å². The molecule has 30 heavy (non-hydrogen) atoms. The number of para-hydroxylation sites is 1. The number of aliphatic imine (C=N–C) groups is 1. The molecule has 1 saturated carbocycles. The van der Waals surface area contributed by atoms with Crippen molar-refractivity contribution < 1.29 is 22.4 Å². The second-order valence-electron chi connectivity index (χ2n) is 7.11. The molecule has 1 aliphatic rings. The van der Waals surface area contributed by atoms with Gasteiger partial charge in [-0.25, -0.2) is 4.99 Å². The quantitative estimate of drug-likeness (QED) is 0.488. The predicted molar refractivity (Wildman–Crippen MR) is 107 cm³/mol. The van der Waals surface area contributed by atoms with E-state index >= 15 is 0 Å². The van der Waals surface area contributed by atoms with Crippen molar-refractivity contribution in [3.63, 3.8) is 0 Å². The highest BCUT2D eigenvalue weighted by molar-refractivity contribution is 5.80. The molecule has 1 fully saturated rings. The van der Waals surface area contributed by atoms with Crippen molar-refractivity contribution in [2.24, 2.45) is 4.99 Å². The maximum atomic E-state index is 12.7. The molecular weight excluding hydrogens is 397 g/mol. The third-order valence-corrected chi connectivity index (χ3v) is 5.00. The van der Waals surface area contributed by atoms with Gasteiger partial charge in [0.25, 0.3) is 0 Å². The third kappa shape index (κ3) is 5.46. The molecule has 1 aromatic heterocycles. The van der Waals surface area contributed by atoms with E-state index in [1.807, 2.05) is 20.8 Å². The summed E-state index contributed by atoms with van der Waals surface area (Å²) in [4.78, 5) is 4.65. The summed E-state index contributed by atoms with van der Waals surface area (Å²) in [6.45, 7) is 7.08. The van der Waals surface area contributed by atoms with Crippen LogP contribution in [-0.4, -0.2) is 30.1 Å². The summed E-state index contributed by atoms with van der Waals surface area (Å²) in [7, 11) is 0. The van der Waals surface area contributed by atoms with Crippen molar-refractivity contribution in [3.05, 3.63) is 46.8 Å². The van der Waals surface area contributed by atoms with Crippen LogP contribution in [-0.2, 0) is 19.4 Å². The molecule has 0 radical (unpaired) electrons. The molecule has 0 saturated heterocycles. The van der Waals surface area contributed by atoms with Gasteiger partial charge in [-0.1, -0.05) is 37.2 Å². The Hall–Kier alpha value is -2.71. The Morgan fingerprint density at radius 1 is 1.23 bits per heavy atom. The minimum Gasteiger partial charge on any atom is -0.405 e. The topological polar surface area (TPSA) is 71.7 Å². The first-order chi connectivity index (χ1) is 14.4. The maximum Gasteiger partial charge on any atom is 0.573 e. The smallest absolute Gasteiger partial charge is 0.405 e. The summed E-state index contributed by atoms with van der Waals surface area (Å²) < 4.78 is 47.6. The second-order valence-corrected chi connectivity index (χ2v) is 7.11. The molecule has 0 bridgehead atoms. The zero-order chi connectivity index (χ0) is 21.7. The van der Waals surface area contributed by atoms with Gasteiger partial charge in [-0.3, -0.25) is 0 Å². The van der Waals surface area contributed by atoms with Crippen LogP contribution in [0.4, 0.5) is 13.2 Å². The van der Waals surface area contributed by atoms with Gasteiger partial charge in [0.2, 0.25) is 0 Å². The first-order valence-electron chi connectivity index (χ1n) is 10.2. The molecule has 2 N–H and O–H groups in total. The van der Waals surface area contributed by atoms with E-state index in [-0.39, 0.29) is 17.7 Å². The van der Waals surface area contributed by atoms with Gasteiger partial charge in [0.15, 0.2) is 5.96 Å². The standard InChI is InChI=1S/C21H27F3N4O2/c1-4-16-15(18(5-2)30-28-16)12-26-20(25-6-3)27-17-11-14(17)13-9-7-8-10-19(13)29-21(22,23)24/h7-10,14,17H,4-6,11-12H2,1-3H3,(H2,25,26,27). The molecule has 0 amide bonds. The number of nitrogens with zero attached hydrogens (tertiary/aromatic N) is 2. The number of alkyl halides is 3. The van der Waals surface area contributed by atoms with Crippen LogP contribution in [0.3, 0.4) is 0 Å². The number of hydrogen-bond acceptors (Lipinski definition) is 4. The highest BCUT2D eigenvalue weighted by Gasteiger charge is 2.42. The highest BCUT2D eigenvalue weighted by atomic mass is 19.4. The van der Waals surface area contributed by atoms with Crippen molar-refractivity contribution in [1.82, 2.24) is 15.8 Å². The van der Waals surface area contributed by atoms with E-state index in [1.165, 1.54) is 12.1 Å². The normalized spacial score (nSPS) is 18.9. The van der Waals surface area contributed by atoms with Crippen LogP contribution in [0, 0.1) is 0 Å². The fourth-order valence-electron chi connectivity index (χ4n) is 3.47. The van der Waals surface area contributed by atoms with Crippen LogP contribution in [0.25, 0.3) is 0 Å². The fraction of sp³-hybridized carbons (Fsp3) is 0.524. The number of rotatable bonds is 8. The van der Waals surface area contributed by atoms with Gasteiger partial charge in [-0.15, -0.1) is 13.2 Å². The summed E-state index contributed by atoms with van der Waals surface area (Å²) in [5.41, 5.74) is 2.44. The molecule has 1 aliphatic carbocycles. The van der Waals surface area contributed by atoms with Gasteiger partial charge in [0, 0.05) is 30.5 Å². The Kier molecular flexibility index (Phi) is 6.89. The Morgan fingerprint density at radius 3 is 2.67 bits per heavy atom. The minimum absolute atomic E-state index is 0.0143. The summed E-state index contributed by atoms with van der Waals surface area (Å²) >= 11 is 0. The molecule has 2 aromatic rings. The van der Waals surface area contributed by atoms with Gasteiger partial charge in [-0.05, 0) is 31.4 Å². The zero-order valence-corrected chi connectivity index (χ0v) is 17.3. The van der Waals surface area contributed by atoms with Crippen LogP contribution >= 0.6 is 0 Å². The molecular formula is C21H27F3N4O2. The fourth-order valence-corrected chi connectivity index (χ4v) is 3.47. The van der Waals surface area contributed by atoms with E-state index in [0.29, 0.717) is 31.0 Å². The zero-order valence-electron chi connectivity index (χ0n) is 17.3. The summed E-state index contributed by atoms with van der Waals surface area (Å²) in [5.74, 6) is 1.23. The van der Waals surface area contributed by atoms with E-state index in [0.717, 1.165) is 29.9 Å². The molecule has 0 aliphatic heterocycles. The lowest BCUT2D eigenvalue weighted by atomic mass is 10.1. The van der Waals surface area contributed by atoms with Crippen molar-refractivity contribution in [1.29, 1.82) is 0 Å². The molecule has 9 heteroatoms. The lowest BCUT2D eigenvalue weighted by Crippen LogP contribution is -2.39. The summed E-state index contributed by atoms with van der Waals surface area (Å²) in [5, 5.41) is 10.6. The van der Waals surface area contributed by atoms with Crippen molar-refractivity contribution >= 4 is 5.96 Å². The maximum absolute atomic E-state index is 12.7. The Labute approximate surface area is 173 Å². The number of guanidine groups is 1. The predicted octanol–water partition coefficient (Wildman–Crippen LogP) is 4.31. The van der Waals surface area contributed by atoms with E-state index in [1.54, 1.807) is 12.1 Å².